The molecule has 0 aromatic heterocycles. The van der Waals surface area contributed by atoms with Crippen LogP contribution in [0.2, 0.25) is 0 Å². The molecule has 6 heteroatoms. The minimum Gasteiger partial charge on any atom is -0.462 e. The lowest BCUT2D eigenvalue weighted by molar-refractivity contribution is -0.151. The average molecular weight is 872 g/mol. The van der Waals surface area contributed by atoms with Crippen LogP contribution in [0, 0.1) is 0 Å². The van der Waals surface area contributed by atoms with Gasteiger partial charge in [-0.15, -0.1) is 0 Å². The molecular weight excluding hydrogens is 767 g/mol. The van der Waals surface area contributed by atoms with E-state index in [4.69, 9.17) is 4.74 Å². The van der Waals surface area contributed by atoms with Gasteiger partial charge in [-0.3, -0.25) is 9.59 Å². The summed E-state index contributed by atoms with van der Waals surface area (Å²) in [7, 11) is 0. The second kappa shape index (κ2) is 50.1. The zero-order valence-corrected chi connectivity index (χ0v) is 41.5. The fourth-order valence-corrected chi connectivity index (χ4v) is 8.28. The molecule has 0 saturated carbocycles. The van der Waals surface area contributed by atoms with Gasteiger partial charge in [0.25, 0.3) is 0 Å². The summed E-state index contributed by atoms with van der Waals surface area (Å²) < 4.78 is 5.94. The average Bonchev–Trinajstić information content (AvgIpc) is 3.26. The number of allylic oxidation sites excluding steroid dienone is 6. The summed E-state index contributed by atoms with van der Waals surface area (Å²) in [6.45, 7) is 6.46. The van der Waals surface area contributed by atoms with Gasteiger partial charge in [-0.1, -0.05) is 224 Å². The number of unbranched alkanes of at least 4 members (excludes halogenated alkanes) is 31. The molecule has 62 heavy (non-hydrogen) atoms. The van der Waals surface area contributed by atoms with E-state index in [2.05, 4.69) is 62.5 Å². The molecule has 0 saturated heterocycles. The maximum Gasteiger partial charge on any atom is 0.306 e. The van der Waals surface area contributed by atoms with Crippen LogP contribution in [0.1, 0.15) is 284 Å². The lowest BCUT2D eigenvalue weighted by Gasteiger charge is -2.24. The molecule has 0 aromatic carbocycles. The van der Waals surface area contributed by atoms with Crippen molar-refractivity contribution in [1.82, 2.24) is 5.32 Å². The summed E-state index contributed by atoms with van der Waals surface area (Å²) in [6.07, 6.45) is 59.1. The second-order valence-electron chi connectivity index (χ2n) is 18.6. The molecule has 0 spiro atoms. The standard InChI is InChI=1S/C56H105NO5/c1-4-7-10-13-16-19-22-25-27-29-31-34-37-40-43-46-49-56(61)62-52(47-44-41-38-35-32-30-28-26-23-20-17-14-11-8-5-2)50-55(60)57-53(51-58)54(59)48-45-42-39-36-33-24-21-18-15-12-9-6-3/h17,20,26-29,52-54,58-59H,4-16,18-19,21-25,30-51H2,1-3H3,(H,57,60)/b20-17-,28-26-,29-27+. The highest BCUT2D eigenvalue weighted by atomic mass is 16.5. The number of carbonyl (C=O) groups excluding carboxylic acids is 2. The summed E-state index contributed by atoms with van der Waals surface area (Å²) in [4.78, 5) is 26.2. The lowest BCUT2D eigenvalue weighted by atomic mass is 10.0. The third-order valence-electron chi connectivity index (χ3n) is 12.4. The van der Waals surface area contributed by atoms with Gasteiger partial charge in [-0.05, 0) is 83.5 Å². The number of ether oxygens (including phenoxy) is 1. The number of aliphatic hydroxyl groups is 2. The van der Waals surface area contributed by atoms with E-state index in [1.54, 1.807) is 0 Å². The van der Waals surface area contributed by atoms with Crippen LogP contribution in [0.4, 0.5) is 0 Å². The van der Waals surface area contributed by atoms with Crippen molar-refractivity contribution in [3.8, 4) is 0 Å². The summed E-state index contributed by atoms with van der Waals surface area (Å²) in [5.41, 5.74) is 0. The van der Waals surface area contributed by atoms with Gasteiger partial charge in [0.2, 0.25) is 5.91 Å². The van der Waals surface area contributed by atoms with E-state index in [-0.39, 0.29) is 24.9 Å². The smallest absolute Gasteiger partial charge is 0.306 e. The van der Waals surface area contributed by atoms with Crippen LogP contribution in [0.3, 0.4) is 0 Å². The van der Waals surface area contributed by atoms with E-state index in [0.29, 0.717) is 19.3 Å². The number of hydrogen-bond donors (Lipinski definition) is 3. The van der Waals surface area contributed by atoms with Crippen molar-refractivity contribution in [1.29, 1.82) is 0 Å². The fraction of sp³-hybridized carbons (Fsp3) is 0.857. The first kappa shape index (κ1) is 60.1. The van der Waals surface area contributed by atoms with Crippen molar-refractivity contribution in [3.63, 3.8) is 0 Å². The van der Waals surface area contributed by atoms with Gasteiger partial charge in [0.1, 0.15) is 6.10 Å². The Bertz CT molecular complexity index is 1020. The molecule has 3 N–H and O–H groups in total. The summed E-state index contributed by atoms with van der Waals surface area (Å²) in [6, 6.07) is -0.706. The quantitative estimate of drug-likeness (QED) is 0.0321. The van der Waals surface area contributed by atoms with Gasteiger partial charge in [-0.25, -0.2) is 0 Å². The molecule has 6 nitrogen and oxygen atoms in total. The number of rotatable bonds is 49. The van der Waals surface area contributed by atoms with E-state index >= 15 is 0 Å². The van der Waals surface area contributed by atoms with E-state index in [1.165, 1.54) is 161 Å². The molecule has 0 aliphatic carbocycles. The molecule has 0 bridgehead atoms. The number of hydrogen-bond acceptors (Lipinski definition) is 5. The molecule has 0 rings (SSSR count). The molecule has 3 unspecified atom stereocenters. The molecule has 0 aliphatic heterocycles. The predicted octanol–water partition coefficient (Wildman–Crippen LogP) is 16.5. The predicted molar refractivity (Wildman–Crippen MR) is 269 cm³/mol. The number of nitrogens with one attached hydrogen (secondary N) is 1. The Morgan fingerprint density at radius 3 is 1.27 bits per heavy atom. The van der Waals surface area contributed by atoms with E-state index in [0.717, 1.165) is 77.0 Å². The highest BCUT2D eigenvalue weighted by Crippen LogP contribution is 2.18. The molecule has 364 valence electrons. The van der Waals surface area contributed by atoms with E-state index < -0.39 is 18.2 Å². The van der Waals surface area contributed by atoms with Crippen LogP contribution in [0.5, 0.6) is 0 Å². The van der Waals surface area contributed by atoms with Gasteiger partial charge in [0.05, 0.1) is 25.2 Å². The van der Waals surface area contributed by atoms with Crippen molar-refractivity contribution in [2.24, 2.45) is 0 Å². The van der Waals surface area contributed by atoms with Crippen LogP contribution < -0.4 is 5.32 Å². The fourth-order valence-electron chi connectivity index (χ4n) is 8.28. The van der Waals surface area contributed by atoms with Gasteiger partial charge in [0.15, 0.2) is 0 Å². The number of carbonyl (C=O) groups is 2. The SMILES string of the molecule is CCCCC/C=C\C/C=C\CCCCCCCC(CC(=O)NC(CO)C(O)CCCCCCCCCCCCCC)OC(=O)CCCCCCC/C=C/CCCCCCCCC. The Balaban J connectivity index is 4.59. The van der Waals surface area contributed by atoms with Crippen molar-refractivity contribution in [2.75, 3.05) is 6.61 Å². The van der Waals surface area contributed by atoms with Crippen LogP contribution >= 0.6 is 0 Å². The lowest BCUT2D eigenvalue weighted by Crippen LogP contribution is -2.46. The molecular formula is C56H105NO5. The maximum absolute atomic E-state index is 13.2. The molecule has 0 aliphatic rings. The molecule has 0 heterocycles. The summed E-state index contributed by atoms with van der Waals surface area (Å²) in [5.74, 6) is -0.487. The van der Waals surface area contributed by atoms with Crippen LogP contribution in [-0.4, -0.2) is 46.9 Å². The molecule has 1 amide bonds. The Morgan fingerprint density at radius 1 is 0.468 bits per heavy atom. The second-order valence-corrected chi connectivity index (χ2v) is 18.6. The number of amides is 1. The Labute approximate surface area is 385 Å². The molecule has 0 radical (unpaired) electrons. The van der Waals surface area contributed by atoms with Gasteiger partial charge in [0, 0.05) is 6.42 Å². The number of esters is 1. The largest absolute Gasteiger partial charge is 0.462 e. The monoisotopic (exact) mass is 872 g/mol. The Hall–Kier alpha value is -1.92. The third-order valence-corrected chi connectivity index (χ3v) is 12.4. The summed E-state index contributed by atoms with van der Waals surface area (Å²) >= 11 is 0. The van der Waals surface area contributed by atoms with Crippen LogP contribution in [-0.2, 0) is 14.3 Å². The first-order valence-electron chi connectivity index (χ1n) is 27.2. The van der Waals surface area contributed by atoms with E-state index in [9.17, 15) is 19.8 Å². The Morgan fingerprint density at radius 2 is 0.823 bits per heavy atom. The van der Waals surface area contributed by atoms with E-state index in [1.807, 2.05) is 0 Å². The third kappa shape index (κ3) is 44.7. The van der Waals surface area contributed by atoms with Gasteiger partial charge < -0.3 is 20.3 Å². The highest BCUT2D eigenvalue weighted by molar-refractivity contribution is 5.77. The molecule has 0 fully saturated rings. The van der Waals surface area contributed by atoms with Crippen molar-refractivity contribution in [2.45, 2.75) is 302 Å². The van der Waals surface area contributed by atoms with Crippen molar-refractivity contribution in [3.05, 3.63) is 36.5 Å². The molecule has 0 aromatic rings. The molecule has 3 atom stereocenters. The highest BCUT2D eigenvalue weighted by Gasteiger charge is 2.24. The zero-order chi connectivity index (χ0) is 45.2. The minimum absolute atomic E-state index is 0.0673. The Kier molecular flexibility index (Phi) is 48.5. The van der Waals surface area contributed by atoms with Gasteiger partial charge >= 0.3 is 5.97 Å². The zero-order valence-electron chi connectivity index (χ0n) is 41.5. The topological polar surface area (TPSA) is 95.9 Å². The van der Waals surface area contributed by atoms with Crippen molar-refractivity contribution < 1.29 is 24.5 Å². The normalized spacial score (nSPS) is 13.4. The van der Waals surface area contributed by atoms with Crippen LogP contribution in [0.15, 0.2) is 36.5 Å². The first-order valence-corrected chi connectivity index (χ1v) is 27.2. The first-order chi connectivity index (χ1) is 30.5. The van der Waals surface area contributed by atoms with Crippen LogP contribution in [0.25, 0.3) is 0 Å². The summed E-state index contributed by atoms with van der Waals surface area (Å²) in [5, 5.41) is 23.8. The van der Waals surface area contributed by atoms with Crippen molar-refractivity contribution >= 4 is 11.9 Å². The minimum atomic E-state index is -0.791. The van der Waals surface area contributed by atoms with Gasteiger partial charge in [-0.2, -0.15) is 0 Å². The number of aliphatic hydroxyl groups excluding tert-OH is 2. The maximum atomic E-state index is 13.2.